The predicted molar refractivity (Wildman–Crippen MR) is 126 cm³/mol. The van der Waals surface area contributed by atoms with E-state index in [2.05, 4.69) is 15.1 Å². The zero-order valence-electron chi connectivity index (χ0n) is 18.9. The largest absolute Gasteiger partial charge is 0.487 e. The van der Waals surface area contributed by atoms with Gasteiger partial charge in [-0.15, -0.1) is 0 Å². The fourth-order valence-corrected chi connectivity index (χ4v) is 4.61. The minimum absolute atomic E-state index is 0.00203. The van der Waals surface area contributed by atoms with Gasteiger partial charge < -0.3 is 18.6 Å². The minimum atomic E-state index is -4.61. The van der Waals surface area contributed by atoms with Crippen LogP contribution in [0.5, 0.6) is 5.75 Å². The number of likely N-dealkylation sites (N-methyl/N-ethyl adjacent to an activating group) is 1. The molecule has 1 saturated heterocycles. The first-order valence-electron chi connectivity index (χ1n) is 10.6. The number of rotatable bonds is 4. The molecule has 1 aliphatic rings. The van der Waals surface area contributed by atoms with Gasteiger partial charge in [-0.2, -0.15) is 26.9 Å². The van der Waals surface area contributed by atoms with Crippen molar-refractivity contribution in [2.24, 2.45) is 0 Å². The first-order valence-corrected chi connectivity index (χ1v) is 11.8. The van der Waals surface area contributed by atoms with Crippen molar-refractivity contribution >= 4 is 46.4 Å². The maximum Gasteiger partial charge on any atom is 0.417 e. The molecule has 1 amide bonds. The van der Waals surface area contributed by atoms with Crippen molar-refractivity contribution < 1.29 is 36.0 Å². The number of halogens is 8. The first kappa shape index (κ1) is 26.4. The number of nitrogens with zero attached hydrogens (tertiary/aromatic N) is 5. The lowest BCUT2D eigenvalue weighted by molar-refractivity contribution is -0.169. The summed E-state index contributed by atoms with van der Waals surface area (Å²) in [6, 6.07) is 3.37. The first-order chi connectivity index (χ1) is 17.7. The standard InChI is InChI=1S/C22H13Cl3F5N5O3/c1-34-7-10(5-21(26,27)20(34)36)37-16-4-12(23)11(3-13(16)24)17-32-19(38-33-17)15-8-35-6-9(22(28,29)30)2-14(25)18(35)31-15/h2-4,6,8,10H,5,7H2,1H3/t10-/m1/s1. The lowest BCUT2D eigenvalue weighted by Crippen LogP contribution is -2.53. The minimum Gasteiger partial charge on any atom is -0.487 e. The highest BCUT2D eigenvalue weighted by molar-refractivity contribution is 6.36. The molecule has 0 aliphatic carbocycles. The van der Waals surface area contributed by atoms with E-state index in [1.807, 2.05) is 0 Å². The fraction of sp³-hybridized carbons (Fsp3) is 0.273. The van der Waals surface area contributed by atoms with E-state index in [9.17, 15) is 26.7 Å². The van der Waals surface area contributed by atoms with E-state index in [0.29, 0.717) is 0 Å². The number of pyridine rings is 1. The van der Waals surface area contributed by atoms with Crippen molar-refractivity contribution in [1.82, 2.24) is 24.4 Å². The van der Waals surface area contributed by atoms with Crippen LogP contribution in [0.15, 0.2) is 35.1 Å². The van der Waals surface area contributed by atoms with Gasteiger partial charge in [0.1, 0.15) is 17.5 Å². The lowest BCUT2D eigenvalue weighted by Gasteiger charge is -2.34. The third-order valence-corrected chi connectivity index (χ3v) is 6.54. The van der Waals surface area contributed by atoms with Crippen LogP contribution >= 0.6 is 34.8 Å². The monoisotopic (exact) mass is 595 g/mol. The van der Waals surface area contributed by atoms with E-state index in [1.165, 1.54) is 25.4 Å². The van der Waals surface area contributed by atoms with Crippen LogP contribution in [0.25, 0.3) is 28.6 Å². The van der Waals surface area contributed by atoms with Crippen LogP contribution in [0.2, 0.25) is 15.1 Å². The van der Waals surface area contributed by atoms with Crippen molar-refractivity contribution in [3.05, 3.63) is 51.2 Å². The number of imidazole rings is 1. The van der Waals surface area contributed by atoms with Gasteiger partial charge in [-0.3, -0.25) is 4.79 Å². The summed E-state index contributed by atoms with van der Waals surface area (Å²) in [5.74, 6) is -5.04. The van der Waals surface area contributed by atoms with Crippen molar-refractivity contribution in [1.29, 1.82) is 0 Å². The third-order valence-electron chi connectivity index (χ3n) is 5.66. The number of fused-ring (bicyclic) bond motifs is 1. The molecule has 4 heterocycles. The molecule has 4 aromatic rings. The number of benzene rings is 1. The van der Waals surface area contributed by atoms with Gasteiger partial charge >= 0.3 is 12.1 Å². The average Bonchev–Trinajstić information content (AvgIpc) is 3.46. The van der Waals surface area contributed by atoms with Crippen molar-refractivity contribution in [2.75, 3.05) is 13.6 Å². The number of likely N-dealkylation sites (tertiary alicyclic amines) is 1. The Bertz CT molecular complexity index is 1570. The Balaban J connectivity index is 1.41. The van der Waals surface area contributed by atoms with Gasteiger partial charge in [0, 0.05) is 31.1 Å². The Kier molecular flexibility index (Phi) is 6.43. The Hall–Kier alpha value is -3.16. The molecule has 38 heavy (non-hydrogen) atoms. The second-order valence-corrected chi connectivity index (χ2v) is 9.67. The number of alkyl halides is 5. The maximum absolute atomic E-state index is 13.9. The zero-order chi connectivity index (χ0) is 27.6. The van der Waals surface area contributed by atoms with Gasteiger partial charge in [0.05, 0.1) is 33.6 Å². The highest BCUT2D eigenvalue weighted by atomic mass is 35.5. The smallest absolute Gasteiger partial charge is 0.417 e. The van der Waals surface area contributed by atoms with Gasteiger partial charge in [-0.25, -0.2) is 4.98 Å². The summed E-state index contributed by atoms with van der Waals surface area (Å²) in [7, 11) is 1.24. The molecule has 1 aliphatic heterocycles. The number of ether oxygens (including phenoxy) is 1. The number of carbonyl (C=O) groups is 1. The van der Waals surface area contributed by atoms with E-state index in [1.54, 1.807) is 0 Å². The summed E-state index contributed by atoms with van der Waals surface area (Å²) >= 11 is 18.6. The van der Waals surface area contributed by atoms with Crippen LogP contribution in [-0.2, 0) is 11.0 Å². The zero-order valence-corrected chi connectivity index (χ0v) is 21.1. The second kappa shape index (κ2) is 9.24. The number of aromatic nitrogens is 4. The number of piperidine rings is 1. The van der Waals surface area contributed by atoms with E-state index < -0.39 is 36.1 Å². The Morgan fingerprint density at radius 3 is 2.50 bits per heavy atom. The molecule has 0 spiro atoms. The van der Waals surface area contributed by atoms with E-state index >= 15 is 0 Å². The summed E-state index contributed by atoms with van der Waals surface area (Å²) in [5, 5.41) is 3.62. The number of hydrogen-bond acceptors (Lipinski definition) is 6. The molecule has 1 aromatic carbocycles. The van der Waals surface area contributed by atoms with Crippen LogP contribution in [-0.4, -0.2) is 56.0 Å². The van der Waals surface area contributed by atoms with Gasteiger partial charge in [-0.1, -0.05) is 40.0 Å². The molecule has 5 rings (SSSR count). The molecular formula is C22H13Cl3F5N5O3. The number of carbonyl (C=O) groups excluding carboxylic acids is 1. The molecule has 200 valence electrons. The molecule has 16 heteroatoms. The van der Waals surface area contributed by atoms with Crippen LogP contribution < -0.4 is 4.74 Å². The molecule has 0 bridgehead atoms. The van der Waals surface area contributed by atoms with Crippen molar-refractivity contribution in [3.63, 3.8) is 0 Å². The SMILES string of the molecule is CN1C[C@H](Oc2cc(Cl)c(-c3noc(-c4cn5cc(C(F)(F)F)cc(Cl)c5n4)n3)cc2Cl)CC(F)(F)C1=O. The Morgan fingerprint density at radius 2 is 1.82 bits per heavy atom. The molecular weight excluding hydrogens is 584 g/mol. The highest BCUT2D eigenvalue weighted by Gasteiger charge is 2.48. The van der Waals surface area contributed by atoms with Crippen LogP contribution in [0, 0.1) is 0 Å². The second-order valence-electron chi connectivity index (χ2n) is 8.45. The lowest BCUT2D eigenvalue weighted by atomic mass is 10.0. The predicted octanol–water partition coefficient (Wildman–Crippen LogP) is 6.28. The normalized spacial score (nSPS) is 17.9. The van der Waals surface area contributed by atoms with Gasteiger partial charge in [0.25, 0.3) is 11.8 Å². The summed E-state index contributed by atoms with van der Waals surface area (Å²) < 4.78 is 79.1. The maximum atomic E-state index is 13.9. The average molecular weight is 597 g/mol. The summed E-state index contributed by atoms with van der Waals surface area (Å²) in [6.07, 6.45) is -4.42. The van der Waals surface area contributed by atoms with E-state index in [4.69, 9.17) is 44.1 Å². The van der Waals surface area contributed by atoms with Crippen LogP contribution in [0.3, 0.4) is 0 Å². The van der Waals surface area contributed by atoms with Gasteiger partial charge in [0.2, 0.25) is 5.82 Å². The molecule has 1 fully saturated rings. The van der Waals surface area contributed by atoms with E-state index in [-0.39, 0.29) is 56.0 Å². The van der Waals surface area contributed by atoms with Crippen molar-refractivity contribution in [3.8, 4) is 28.7 Å². The van der Waals surface area contributed by atoms with Crippen LogP contribution in [0.1, 0.15) is 12.0 Å². The molecule has 1 atom stereocenters. The number of hydrogen-bond donors (Lipinski definition) is 0. The summed E-state index contributed by atoms with van der Waals surface area (Å²) in [6.45, 7) is -0.0776. The molecule has 8 nitrogen and oxygen atoms in total. The van der Waals surface area contributed by atoms with Gasteiger partial charge in [-0.05, 0) is 12.1 Å². The summed E-state index contributed by atoms with van der Waals surface area (Å²) in [5.41, 5.74) is -0.688. The third kappa shape index (κ3) is 4.85. The fourth-order valence-electron chi connectivity index (χ4n) is 3.91. The van der Waals surface area contributed by atoms with Crippen molar-refractivity contribution in [2.45, 2.75) is 24.6 Å². The Morgan fingerprint density at radius 1 is 1.08 bits per heavy atom. The highest BCUT2D eigenvalue weighted by Crippen LogP contribution is 2.39. The Labute approximate surface area is 224 Å². The molecule has 0 radical (unpaired) electrons. The van der Waals surface area contributed by atoms with Gasteiger partial charge in [0.15, 0.2) is 5.65 Å². The quantitative estimate of drug-likeness (QED) is 0.258. The number of amides is 1. The molecule has 0 unspecified atom stereocenters. The summed E-state index contributed by atoms with van der Waals surface area (Å²) in [4.78, 5) is 20.8. The molecule has 3 aromatic heterocycles. The molecule has 0 N–H and O–H groups in total. The topological polar surface area (TPSA) is 85.8 Å². The van der Waals surface area contributed by atoms with Crippen LogP contribution in [0.4, 0.5) is 22.0 Å². The molecule has 0 saturated carbocycles. The van der Waals surface area contributed by atoms with E-state index in [0.717, 1.165) is 21.6 Å².